The SMILES string of the molecule is CC(C)(O)c1ccc(-c2ccc(NC(=O)C3(c4cccc(Cl)c4)CC3)cc2-c2nnn[nH]2)cn1. The number of tetrazole rings is 1. The van der Waals surface area contributed by atoms with E-state index in [2.05, 4.69) is 30.9 Å². The van der Waals surface area contributed by atoms with Crippen molar-refractivity contribution >= 4 is 23.2 Å². The van der Waals surface area contributed by atoms with Crippen molar-refractivity contribution in [2.75, 3.05) is 5.32 Å². The summed E-state index contributed by atoms with van der Waals surface area (Å²) in [5.74, 6) is 0.397. The molecule has 3 N–H and O–H groups in total. The number of aromatic nitrogens is 5. The van der Waals surface area contributed by atoms with Crippen molar-refractivity contribution in [2.45, 2.75) is 37.7 Å². The number of hydrogen-bond acceptors (Lipinski definition) is 6. The molecule has 0 spiro atoms. The second-order valence-corrected chi connectivity index (χ2v) is 9.48. The molecule has 0 atom stereocenters. The third-order valence-electron chi connectivity index (χ3n) is 6.14. The van der Waals surface area contributed by atoms with Gasteiger partial charge in [0.1, 0.15) is 5.60 Å². The van der Waals surface area contributed by atoms with E-state index in [1.807, 2.05) is 42.5 Å². The molecular formula is C25H23ClN6O2. The van der Waals surface area contributed by atoms with Gasteiger partial charge in [-0.1, -0.05) is 35.9 Å². The average molecular weight is 475 g/mol. The van der Waals surface area contributed by atoms with Gasteiger partial charge in [-0.3, -0.25) is 9.78 Å². The minimum Gasteiger partial charge on any atom is -0.384 e. The van der Waals surface area contributed by atoms with Crippen LogP contribution in [0.4, 0.5) is 5.69 Å². The van der Waals surface area contributed by atoms with Crippen molar-refractivity contribution in [1.29, 1.82) is 0 Å². The molecule has 9 heteroatoms. The molecule has 0 bridgehead atoms. The van der Waals surface area contributed by atoms with E-state index in [9.17, 15) is 9.90 Å². The zero-order valence-electron chi connectivity index (χ0n) is 18.7. The monoisotopic (exact) mass is 474 g/mol. The van der Waals surface area contributed by atoms with Crippen molar-refractivity contribution in [1.82, 2.24) is 25.6 Å². The Balaban J connectivity index is 1.47. The number of carbonyl (C=O) groups excluding carboxylic acids is 1. The molecule has 0 saturated heterocycles. The molecule has 0 aliphatic heterocycles. The topological polar surface area (TPSA) is 117 Å². The maximum absolute atomic E-state index is 13.3. The van der Waals surface area contributed by atoms with Crippen LogP contribution in [0.1, 0.15) is 37.9 Å². The molecule has 5 rings (SSSR count). The fraction of sp³-hybridized carbons (Fsp3) is 0.240. The molecule has 2 aromatic heterocycles. The molecule has 1 aliphatic carbocycles. The molecule has 1 amide bonds. The number of pyridine rings is 1. The molecule has 172 valence electrons. The van der Waals surface area contributed by atoms with E-state index in [1.165, 1.54) is 0 Å². The Bertz CT molecular complexity index is 1340. The number of hydrogen-bond donors (Lipinski definition) is 3. The van der Waals surface area contributed by atoms with Gasteiger partial charge in [0.15, 0.2) is 5.82 Å². The summed E-state index contributed by atoms with van der Waals surface area (Å²) in [5.41, 5.74) is 2.91. The van der Waals surface area contributed by atoms with E-state index in [4.69, 9.17) is 11.6 Å². The molecule has 4 aromatic rings. The number of halogens is 1. The van der Waals surface area contributed by atoms with Gasteiger partial charge in [-0.25, -0.2) is 5.10 Å². The third kappa shape index (κ3) is 4.18. The number of nitrogens with zero attached hydrogens (tertiary/aromatic N) is 4. The second kappa shape index (κ2) is 8.30. The first-order valence-electron chi connectivity index (χ1n) is 10.9. The highest BCUT2D eigenvalue weighted by atomic mass is 35.5. The van der Waals surface area contributed by atoms with Gasteiger partial charge in [-0.15, -0.1) is 5.10 Å². The second-order valence-electron chi connectivity index (χ2n) is 9.05. The summed E-state index contributed by atoms with van der Waals surface area (Å²) in [6, 6.07) is 16.7. The highest BCUT2D eigenvalue weighted by Gasteiger charge is 2.51. The summed E-state index contributed by atoms with van der Waals surface area (Å²) in [7, 11) is 0. The Morgan fingerprint density at radius 2 is 1.94 bits per heavy atom. The molecule has 1 saturated carbocycles. The van der Waals surface area contributed by atoms with Crippen LogP contribution < -0.4 is 5.32 Å². The van der Waals surface area contributed by atoms with Gasteiger partial charge in [0.25, 0.3) is 0 Å². The molecule has 0 radical (unpaired) electrons. The van der Waals surface area contributed by atoms with E-state index in [-0.39, 0.29) is 5.91 Å². The van der Waals surface area contributed by atoms with Crippen molar-refractivity contribution in [2.24, 2.45) is 0 Å². The van der Waals surface area contributed by atoms with Crippen LogP contribution >= 0.6 is 11.6 Å². The summed E-state index contributed by atoms with van der Waals surface area (Å²) < 4.78 is 0. The van der Waals surface area contributed by atoms with Gasteiger partial charge < -0.3 is 10.4 Å². The summed E-state index contributed by atoms with van der Waals surface area (Å²) in [4.78, 5) is 17.7. The summed E-state index contributed by atoms with van der Waals surface area (Å²) in [5, 5.41) is 28.1. The van der Waals surface area contributed by atoms with E-state index in [0.29, 0.717) is 27.8 Å². The van der Waals surface area contributed by atoms with Gasteiger partial charge in [-0.2, -0.15) is 0 Å². The van der Waals surface area contributed by atoms with Crippen LogP contribution in [-0.2, 0) is 15.8 Å². The van der Waals surface area contributed by atoms with Crippen LogP contribution in [0.3, 0.4) is 0 Å². The molecule has 2 heterocycles. The number of aliphatic hydroxyl groups is 1. The zero-order chi connectivity index (χ0) is 23.9. The fourth-order valence-corrected chi connectivity index (χ4v) is 4.26. The highest BCUT2D eigenvalue weighted by Crippen LogP contribution is 2.49. The number of aromatic amines is 1. The maximum Gasteiger partial charge on any atom is 0.235 e. The number of rotatable bonds is 6. The lowest BCUT2D eigenvalue weighted by atomic mass is 9.94. The predicted octanol–water partition coefficient (Wildman–Crippen LogP) is 4.48. The van der Waals surface area contributed by atoms with Crippen LogP contribution in [0.2, 0.25) is 5.02 Å². The van der Waals surface area contributed by atoms with Crippen LogP contribution in [0.5, 0.6) is 0 Å². The van der Waals surface area contributed by atoms with Crippen LogP contribution in [-0.4, -0.2) is 36.6 Å². The number of benzene rings is 2. The Hall–Kier alpha value is -3.62. The predicted molar refractivity (Wildman–Crippen MR) is 129 cm³/mol. The van der Waals surface area contributed by atoms with Crippen molar-refractivity contribution < 1.29 is 9.90 Å². The number of carbonyl (C=O) groups is 1. The Morgan fingerprint density at radius 1 is 1.12 bits per heavy atom. The van der Waals surface area contributed by atoms with Crippen LogP contribution in [0, 0.1) is 0 Å². The number of nitrogens with one attached hydrogen (secondary N) is 2. The maximum atomic E-state index is 13.3. The number of anilines is 1. The van der Waals surface area contributed by atoms with Gasteiger partial charge in [0, 0.05) is 28.0 Å². The fourth-order valence-electron chi connectivity index (χ4n) is 4.07. The number of amides is 1. The summed E-state index contributed by atoms with van der Waals surface area (Å²) in [6.45, 7) is 3.38. The Morgan fingerprint density at radius 3 is 2.56 bits per heavy atom. The van der Waals surface area contributed by atoms with E-state index < -0.39 is 11.0 Å². The number of H-pyrrole nitrogens is 1. The first kappa shape index (κ1) is 22.2. The van der Waals surface area contributed by atoms with E-state index in [1.54, 1.807) is 32.2 Å². The molecule has 2 aromatic carbocycles. The van der Waals surface area contributed by atoms with Crippen LogP contribution in [0.15, 0.2) is 60.8 Å². The normalized spacial score (nSPS) is 14.6. The van der Waals surface area contributed by atoms with Gasteiger partial charge >= 0.3 is 0 Å². The standard InChI is InChI=1S/C25H23ClN6O2/c1-24(2,34)21-9-6-15(14-27-21)19-8-7-18(13-20(19)22-29-31-32-30-22)28-23(33)25(10-11-25)16-4-3-5-17(26)12-16/h3-9,12-14,34H,10-11H2,1-2H3,(H,28,33)(H,29,30,31,32). The van der Waals surface area contributed by atoms with Crippen molar-refractivity contribution in [3.8, 4) is 22.5 Å². The molecule has 34 heavy (non-hydrogen) atoms. The first-order chi connectivity index (χ1) is 16.3. The minimum absolute atomic E-state index is 0.0691. The van der Waals surface area contributed by atoms with Gasteiger partial charge in [0.2, 0.25) is 5.91 Å². The lowest BCUT2D eigenvalue weighted by molar-refractivity contribution is -0.118. The molecule has 8 nitrogen and oxygen atoms in total. The highest BCUT2D eigenvalue weighted by molar-refractivity contribution is 6.30. The zero-order valence-corrected chi connectivity index (χ0v) is 19.5. The third-order valence-corrected chi connectivity index (χ3v) is 6.38. The quantitative estimate of drug-likeness (QED) is 0.379. The Labute approximate surface area is 201 Å². The smallest absolute Gasteiger partial charge is 0.235 e. The first-order valence-corrected chi connectivity index (χ1v) is 11.3. The average Bonchev–Trinajstić information content (AvgIpc) is 3.45. The Kier molecular flexibility index (Phi) is 5.42. The molecule has 1 fully saturated rings. The molecule has 0 unspecified atom stereocenters. The molecular weight excluding hydrogens is 452 g/mol. The lowest BCUT2D eigenvalue weighted by Crippen LogP contribution is -2.27. The van der Waals surface area contributed by atoms with Crippen molar-refractivity contribution in [3.63, 3.8) is 0 Å². The lowest BCUT2D eigenvalue weighted by Gasteiger charge is -2.18. The largest absolute Gasteiger partial charge is 0.384 e. The van der Waals surface area contributed by atoms with Crippen LogP contribution in [0.25, 0.3) is 22.5 Å². The van der Waals surface area contributed by atoms with Gasteiger partial charge in [0.05, 0.1) is 11.1 Å². The summed E-state index contributed by atoms with van der Waals surface area (Å²) >= 11 is 6.16. The van der Waals surface area contributed by atoms with Crippen molar-refractivity contribution in [3.05, 3.63) is 77.1 Å². The summed E-state index contributed by atoms with van der Waals surface area (Å²) in [6.07, 6.45) is 3.25. The molecule has 1 aliphatic rings. The minimum atomic E-state index is -1.04. The van der Waals surface area contributed by atoms with E-state index in [0.717, 1.165) is 29.5 Å². The van der Waals surface area contributed by atoms with Gasteiger partial charge in [-0.05, 0) is 78.6 Å². The van der Waals surface area contributed by atoms with E-state index >= 15 is 0 Å².